The van der Waals surface area contributed by atoms with Crippen LogP contribution in [0.4, 0.5) is 5.69 Å². The second kappa shape index (κ2) is 9.13. The normalized spacial score (nSPS) is 23.0. The lowest BCUT2D eigenvalue weighted by Crippen LogP contribution is -2.50. The second-order valence-electron chi connectivity index (χ2n) is 7.61. The average Bonchev–Trinajstić information content (AvgIpc) is 2.69. The van der Waals surface area contributed by atoms with Crippen LogP contribution in [0, 0.1) is 0 Å². The maximum Gasteiger partial charge on any atom is 0.263 e. The molecule has 1 saturated heterocycles. The first kappa shape index (κ1) is 20.9. The Kier molecular flexibility index (Phi) is 6.82. The highest BCUT2D eigenvalue weighted by Crippen LogP contribution is 2.34. The molecule has 1 aromatic carbocycles. The van der Waals surface area contributed by atoms with Crippen molar-refractivity contribution in [2.75, 3.05) is 36.7 Å². The number of carbonyl (C=O) groups excluding carboxylic acids is 1. The van der Waals surface area contributed by atoms with Crippen molar-refractivity contribution in [3.63, 3.8) is 0 Å². The predicted octanol–water partition coefficient (Wildman–Crippen LogP) is 1.98. The maximum absolute atomic E-state index is 12.6. The summed E-state index contributed by atoms with van der Waals surface area (Å²) in [5.74, 6) is 0.146. The molecule has 1 N–H and O–H groups in total. The van der Waals surface area contributed by atoms with Gasteiger partial charge >= 0.3 is 0 Å². The topological polar surface area (TPSA) is 79.0 Å². The summed E-state index contributed by atoms with van der Waals surface area (Å²) in [5.41, 5.74) is 0.477. The van der Waals surface area contributed by atoms with Gasteiger partial charge in [-0.25, -0.2) is 8.42 Å². The van der Waals surface area contributed by atoms with Crippen molar-refractivity contribution in [1.82, 2.24) is 10.2 Å². The van der Waals surface area contributed by atoms with Crippen LogP contribution in [-0.4, -0.2) is 63.8 Å². The fourth-order valence-electron chi connectivity index (χ4n) is 4.08. The predicted molar refractivity (Wildman–Crippen MR) is 110 cm³/mol. The third-order valence-electron chi connectivity index (χ3n) is 5.57. The van der Waals surface area contributed by atoms with E-state index in [1.165, 1.54) is 30.0 Å². The zero-order chi connectivity index (χ0) is 20.1. The largest absolute Gasteiger partial charge is 0.476 e. The fraction of sp³-hybridized carbons (Fsp3) is 0.650. The molecule has 2 heterocycles. The van der Waals surface area contributed by atoms with E-state index in [0.717, 1.165) is 25.8 Å². The molecule has 0 aliphatic carbocycles. The lowest BCUT2D eigenvalue weighted by Gasteiger charge is -2.35. The minimum atomic E-state index is -3.49. The molecular formula is C20H31N3O4S. The zero-order valence-corrected chi connectivity index (χ0v) is 17.6. The molecule has 0 aromatic heterocycles. The number of rotatable bonds is 7. The van der Waals surface area contributed by atoms with E-state index in [1.54, 1.807) is 24.3 Å². The number of hydrogen-bond donors (Lipinski definition) is 1. The number of nitrogens with zero attached hydrogens (tertiary/aromatic N) is 2. The van der Waals surface area contributed by atoms with Crippen LogP contribution in [0.5, 0.6) is 5.75 Å². The summed E-state index contributed by atoms with van der Waals surface area (Å²) >= 11 is 0. The van der Waals surface area contributed by atoms with Crippen LogP contribution in [0.15, 0.2) is 24.3 Å². The Hall–Kier alpha value is -1.80. The van der Waals surface area contributed by atoms with Crippen LogP contribution >= 0.6 is 0 Å². The van der Waals surface area contributed by atoms with E-state index in [0.29, 0.717) is 24.0 Å². The molecule has 2 aliphatic rings. The van der Waals surface area contributed by atoms with E-state index >= 15 is 0 Å². The van der Waals surface area contributed by atoms with Crippen LogP contribution < -0.4 is 14.4 Å². The minimum absolute atomic E-state index is 0.00822. The number of sulfonamides is 1. The number of para-hydroxylation sites is 2. The third-order valence-corrected chi connectivity index (χ3v) is 6.72. The standard InChI is InChI=1S/C20H31N3O4S/c1-3-16-9-6-7-13-22(16)14-8-12-21-20(24)19-15-23(28(2,25)26)17-10-4-5-11-18(17)27-19/h4-5,10-11,16,19H,3,6-9,12-15H2,1-2H3,(H,21,24)/t16-,19-/m1/s1. The number of likely N-dealkylation sites (tertiary alicyclic amines) is 1. The van der Waals surface area contributed by atoms with Gasteiger partial charge in [-0.05, 0) is 44.4 Å². The molecule has 0 saturated carbocycles. The molecule has 1 aromatic rings. The molecule has 3 rings (SSSR count). The van der Waals surface area contributed by atoms with Gasteiger partial charge in [-0.1, -0.05) is 25.5 Å². The van der Waals surface area contributed by atoms with E-state index in [9.17, 15) is 13.2 Å². The molecular weight excluding hydrogens is 378 g/mol. The van der Waals surface area contributed by atoms with E-state index < -0.39 is 16.1 Å². The van der Waals surface area contributed by atoms with E-state index in [2.05, 4.69) is 17.1 Å². The van der Waals surface area contributed by atoms with Crippen molar-refractivity contribution in [2.45, 2.75) is 51.2 Å². The highest BCUT2D eigenvalue weighted by atomic mass is 32.2. The molecule has 0 unspecified atom stereocenters. The summed E-state index contributed by atoms with van der Waals surface area (Å²) in [6.07, 6.45) is 6.17. The molecule has 7 nitrogen and oxygen atoms in total. The first-order chi connectivity index (χ1) is 13.4. The van der Waals surface area contributed by atoms with Gasteiger partial charge in [0.15, 0.2) is 6.10 Å². The summed E-state index contributed by atoms with van der Waals surface area (Å²) in [4.78, 5) is 15.1. The fourth-order valence-corrected chi connectivity index (χ4v) is 4.99. The Labute approximate surface area is 168 Å². The van der Waals surface area contributed by atoms with Gasteiger partial charge in [0.1, 0.15) is 5.75 Å². The van der Waals surface area contributed by atoms with Crippen LogP contribution in [0.1, 0.15) is 39.0 Å². The molecule has 2 atom stereocenters. The van der Waals surface area contributed by atoms with Crippen molar-refractivity contribution >= 4 is 21.6 Å². The van der Waals surface area contributed by atoms with Crippen molar-refractivity contribution in [2.24, 2.45) is 0 Å². The number of nitrogens with one attached hydrogen (secondary N) is 1. The summed E-state index contributed by atoms with van der Waals surface area (Å²) in [5, 5.41) is 2.92. The molecule has 1 fully saturated rings. The third kappa shape index (κ3) is 4.97. The molecule has 28 heavy (non-hydrogen) atoms. The molecule has 0 bridgehead atoms. The monoisotopic (exact) mass is 409 g/mol. The molecule has 8 heteroatoms. The summed E-state index contributed by atoms with van der Waals surface area (Å²) in [7, 11) is -3.49. The Morgan fingerprint density at radius 2 is 2.07 bits per heavy atom. The SMILES string of the molecule is CC[C@@H]1CCCCN1CCCNC(=O)[C@H]1CN(S(C)(=O)=O)c2ccccc2O1. The first-order valence-electron chi connectivity index (χ1n) is 10.2. The quantitative estimate of drug-likeness (QED) is 0.697. The Morgan fingerprint density at radius 3 is 2.82 bits per heavy atom. The molecule has 1 amide bonds. The number of ether oxygens (including phenoxy) is 1. The lowest BCUT2D eigenvalue weighted by atomic mass is 10.00. The average molecular weight is 410 g/mol. The van der Waals surface area contributed by atoms with Crippen LogP contribution in [0.25, 0.3) is 0 Å². The van der Waals surface area contributed by atoms with Gasteiger partial charge in [-0.2, -0.15) is 0 Å². The number of benzene rings is 1. The van der Waals surface area contributed by atoms with Gasteiger partial charge in [0.05, 0.1) is 18.5 Å². The van der Waals surface area contributed by atoms with Crippen LogP contribution in [0.2, 0.25) is 0 Å². The zero-order valence-electron chi connectivity index (χ0n) is 16.8. The van der Waals surface area contributed by atoms with Crippen LogP contribution in [0.3, 0.4) is 0 Å². The molecule has 0 radical (unpaired) electrons. The van der Waals surface area contributed by atoms with Gasteiger partial charge in [0.2, 0.25) is 10.0 Å². The first-order valence-corrected chi connectivity index (χ1v) is 12.0. The van der Waals surface area contributed by atoms with Crippen molar-refractivity contribution in [3.05, 3.63) is 24.3 Å². The van der Waals surface area contributed by atoms with Crippen molar-refractivity contribution in [1.29, 1.82) is 0 Å². The number of hydrogen-bond acceptors (Lipinski definition) is 5. The van der Waals surface area contributed by atoms with E-state index in [1.807, 2.05) is 0 Å². The van der Waals surface area contributed by atoms with Crippen molar-refractivity contribution in [3.8, 4) is 5.75 Å². The Morgan fingerprint density at radius 1 is 1.29 bits per heavy atom. The number of carbonyl (C=O) groups is 1. The maximum atomic E-state index is 12.6. The smallest absolute Gasteiger partial charge is 0.263 e. The van der Waals surface area contributed by atoms with Gasteiger partial charge in [0.25, 0.3) is 5.91 Å². The van der Waals surface area contributed by atoms with Crippen LogP contribution in [-0.2, 0) is 14.8 Å². The summed E-state index contributed by atoms with van der Waals surface area (Å²) in [6.45, 7) is 4.90. The lowest BCUT2D eigenvalue weighted by molar-refractivity contribution is -0.127. The Balaban J connectivity index is 1.53. The van der Waals surface area contributed by atoms with Gasteiger partial charge < -0.3 is 15.0 Å². The van der Waals surface area contributed by atoms with Gasteiger partial charge in [-0.3, -0.25) is 9.10 Å². The number of fused-ring (bicyclic) bond motifs is 1. The highest BCUT2D eigenvalue weighted by molar-refractivity contribution is 7.92. The van der Waals surface area contributed by atoms with Gasteiger partial charge in [0, 0.05) is 19.1 Å². The highest BCUT2D eigenvalue weighted by Gasteiger charge is 2.34. The number of piperidine rings is 1. The number of amides is 1. The second-order valence-corrected chi connectivity index (χ2v) is 9.51. The van der Waals surface area contributed by atoms with E-state index in [-0.39, 0.29) is 12.5 Å². The summed E-state index contributed by atoms with van der Waals surface area (Å²) in [6, 6.07) is 7.56. The molecule has 0 spiro atoms. The number of anilines is 1. The van der Waals surface area contributed by atoms with Crippen molar-refractivity contribution < 1.29 is 17.9 Å². The van der Waals surface area contributed by atoms with E-state index in [4.69, 9.17) is 4.74 Å². The summed E-state index contributed by atoms with van der Waals surface area (Å²) < 4.78 is 31.3. The van der Waals surface area contributed by atoms with Gasteiger partial charge in [-0.15, -0.1) is 0 Å². The molecule has 156 valence electrons. The molecule has 2 aliphatic heterocycles. The Bertz CT molecular complexity index is 783. The minimum Gasteiger partial charge on any atom is -0.476 e.